The molecule has 1 aromatic carbocycles. The van der Waals surface area contributed by atoms with E-state index in [9.17, 15) is 9.90 Å². The second kappa shape index (κ2) is 3.55. The largest absolute Gasteiger partial charge is 0.507 e. The number of aromatic hydroxyl groups is 1. The number of phenolic OH excluding ortho intramolecular Hbond substituents is 1. The molecule has 1 aliphatic rings. The Bertz CT molecular complexity index is 415. The first-order valence-electron chi connectivity index (χ1n) is 4.81. The van der Waals surface area contributed by atoms with Gasteiger partial charge >= 0.3 is 5.97 Å². The molecule has 1 aliphatic carbocycles. The van der Waals surface area contributed by atoms with E-state index >= 15 is 0 Å². The van der Waals surface area contributed by atoms with E-state index in [0.29, 0.717) is 6.42 Å². The van der Waals surface area contributed by atoms with Gasteiger partial charge in [0.1, 0.15) is 11.3 Å². The van der Waals surface area contributed by atoms with Crippen molar-refractivity contribution in [2.24, 2.45) is 5.73 Å². The van der Waals surface area contributed by atoms with E-state index in [2.05, 4.69) is 4.74 Å². The first kappa shape index (κ1) is 9.98. The van der Waals surface area contributed by atoms with E-state index in [4.69, 9.17) is 5.73 Å². The topological polar surface area (TPSA) is 72.5 Å². The molecular weight excluding hydrogens is 194 g/mol. The van der Waals surface area contributed by atoms with Crippen molar-refractivity contribution in [2.75, 3.05) is 7.11 Å². The van der Waals surface area contributed by atoms with Crippen molar-refractivity contribution in [1.82, 2.24) is 0 Å². The number of hydrogen-bond donors (Lipinski definition) is 2. The van der Waals surface area contributed by atoms with Crippen molar-refractivity contribution in [3.8, 4) is 5.75 Å². The van der Waals surface area contributed by atoms with E-state index in [-0.39, 0.29) is 17.4 Å². The molecule has 4 heteroatoms. The molecule has 15 heavy (non-hydrogen) atoms. The van der Waals surface area contributed by atoms with Crippen LogP contribution in [0.15, 0.2) is 12.1 Å². The van der Waals surface area contributed by atoms with Crippen LogP contribution in [0.2, 0.25) is 0 Å². The molecule has 0 aliphatic heterocycles. The van der Waals surface area contributed by atoms with Crippen LogP contribution in [0.3, 0.4) is 0 Å². The van der Waals surface area contributed by atoms with Gasteiger partial charge in [0.05, 0.1) is 7.11 Å². The summed E-state index contributed by atoms with van der Waals surface area (Å²) < 4.78 is 4.64. The molecule has 0 aromatic heterocycles. The van der Waals surface area contributed by atoms with Crippen LogP contribution in [-0.4, -0.2) is 24.2 Å². The van der Waals surface area contributed by atoms with Gasteiger partial charge in [-0.05, 0) is 30.0 Å². The molecule has 0 fully saturated rings. The molecule has 1 aromatic rings. The maximum absolute atomic E-state index is 11.5. The molecule has 1 unspecified atom stereocenters. The smallest absolute Gasteiger partial charge is 0.341 e. The minimum absolute atomic E-state index is 0.0326. The van der Waals surface area contributed by atoms with Gasteiger partial charge in [0.15, 0.2) is 0 Å². The van der Waals surface area contributed by atoms with Crippen LogP contribution in [0.1, 0.15) is 21.5 Å². The van der Waals surface area contributed by atoms with Crippen molar-refractivity contribution in [3.05, 3.63) is 28.8 Å². The van der Waals surface area contributed by atoms with Crippen molar-refractivity contribution >= 4 is 5.97 Å². The number of fused-ring (bicyclic) bond motifs is 1. The Hall–Kier alpha value is -1.55. The van der Waals surface area contributed by atoms with Gasteiger partial charge in [0.25, 0.3) is 0 Å². The number of rotatable bonds is 1. The number of benzene rings is 1. The summed E-state index contributed by atoms with van der Waals surface area (Å²) in [7, 11) is 1.30. The Labute approximate surface area is 87.7 Å². The van der Waals surface area contributed by atoms with Gasteiger partial charge in [0, 0.05) is 6.04 Å². The lowest BCUT2D eigenvalue weighted by Crippen LogP contribution is -2.19. The number of nitrogens with two attached hydrogens (primary N) is 1. The molecule has 80 valence electrons. The number of ether oxygens (including phenoxy) is 1. The summed E-state index contributed by atoms with van der Waals surface area (Å²) >= 11 is 0. The number of methoxy groups -OCH3 is 1. The average molecular weight is 207 g/mol. The SMILES string of the molecule is COC(=O)c1c(O)ccc2c1CC(N)C2. The molecule has 0 bridgehead atoms. The molecule has 1 atom stereocenters. The molecule has 0 saturated carbocycles. The summed E-state index contributed by atoms with van der Waals surface area (Å²) in [5.74, 6) is -0.534. The van der Waals surface area contributed by atoms with E-state index in [1.807, 2.05) is 6.07 Å². The Morgan fingerprint density at radius 1 is 1.53 bits per heavy atom. The molecular formula is C11H13NO3. The monoisotopic (exact) mass is 207 g/mol. The number of carbonyl (C=O) groups excluding carboxylic acids is 1. The number of hydrogen-bond acceptors (Lipinski definition) is 4. The fourth-order valence-electron chi connectivity index (χ4n) is 2.05. The van der Waals surface area contributed by atoms with Crippen LogP contribution in [-0.2, 0) is 17.6 Å². The van der Waals surface area contributed by atoms with Crippen molar-refractivity contribution in [2.45, 2.75) is 18.9 Å². The Balaban J connectivity index is 2.54. The molecule has 4 nitrogen and oxygen atoms in total. The van der Waals surface area contributed by atoms with Gasteiger partial charge < -0.3 is 15.6 Å². The van der Waals surface area contributed by atoms with Crippen molar-refractivity contribution in [3.63, 3.8) is 0 Å². The maximum atomic E-state index is 11.5. The summed E-state index contributed by atoms with van der Waals surface area (Å²) in [4.78, 5) is 11.5. The number of phenols is 1. The highest BCUT2D eigenvalue weighted by atomic mass is 16.5. The number of carbonyl (C=O) groups is 1. The van der Waals surface area contributed by atoms with Crippen LogP contribution in [0.25, 0.3) is 0 Å². The summed E-state index contributed by atoms with van der Waals surface area (Å²) in [5, 5.41) is 9.62. The summed E-state index contributed by atoms with van der Waals surface area (Å²) in [6.45, 7) is 0. The van der Waals surface area contributed by atoms with E-state index in [1.165, 1.54) is 13.2 Å². The summed E-state index contributed by atoms with van der Waals surface area (Å²) in [6.07, 6.45) is 1.37. The standard InChI is InChI=1S/C11H13NO3/c1-15-11(14)10-8-5-7(12)4-6(8)2-3-9(10)13/h2-3,7,13H,4-5,12H2,1H3. The van der Waals surface area contributed by atoms with Gasteiger partial charge in [-0.3, -0.25) is 0 Å². The van der Waals surface area contributed by atoms with Gasteiger partial charge in [-0.25, -0.2) is 4.79 Å². The number of esters is 1. The predicted molar refractivity (Wildman–Crippen MR) is 54.8 cm³/mol. The lowest BCUT2D eigenvalue weighted by molar-refractivity contribution is 0.0596. The zero-order valence-corrected chi connectivity index (χ0v) is 8.49. The Morgan fingerprint density at radius 2 is 2.27 bits per heavy atom. The third kappa shape index (κ3) is 1.57. The van der Waals surface area contributed by atoms with E-state index in [0.717, 1.165) is 17.5 Å². The fraction of sp³-hybridized carbons (Fsp3) is 0.364. The van der Waals surface area contributed by atoms with Gasteiger partial charge in [-0.2, -0.15) is 0 Å². The third-order valence-corrected chi connectivity index (χ3v) is 2.73. The van der Waals surface area contributed by atoms with Crippen LogP contribution in [0.4, 0.5) is 0 Å². The van der Waals surface area contributed by atoms with Crippen molar-refractivity contribution in [1.29, 1.82) is 0 Å². The van der Waals surface area contributed by atoms with Crippen LogP contribution in [0, 0.1) is 0 Å². The highest BCUT2D eigenvalue weighted by Crippen LogP contribution is 2.31. The summed E-state index contributed by atoms with van der Waals surface area (Å²) in [5.41, 5.74) is 7.93. The van der Waals surface area contributed by atoms with E-state index < -0.39 is 5.97 Å². The second-order valence-electron chi connectivity index (χ2n) is 3.76. The second-order valence-corrected chi connectivity index (χ2v) is 3.76. The predicted octanol–water partition coefficient (Wildman–Crippen LogP) is 0.605. The fourth-order valence-corrected chi connectivity index (χ4v) is 2.05. The van der Waals surface area contributed by atoms with Crippen molar-refractivity contribution < 1.29 is 14.6 Å². The summed E-state index contributed by atoms with van der Waals surface area (Å²) in [6, 6.07) is 3.36. The third-order valence-electron chi connectivity index (χ3n) is 2.73. The highest BCUT2D eigenvalue weighted by Gasteiger charge is 2.26. The lowest BCUT2D eigenvalue weighted by atomic mass is 10.0. The van der Waals surface area contributed by atoms with Gasteiger partial charge in [0.2, 0.25) is 0 Å². The highest BCUT2D eigenvalue weighted by molar-refractivity contribution is 5.94. The van der Waals surface area contributed by atoms with Crippen LogP contribution in [0.5, 0.6) is 5.75 Å². The maximum Gasteiger partial charge on any atom is 0.341 e. The molecule has 0 saturated heterocycles. The van der Waals surface area contributed by atoms with Gasteiger partial charge in [-0.15, -0.1) is 0 Å². The molecule has 2 rings (SSSR count). The normalized spacial score (nSPS) is 18.7. The molecule has 0 spiro atoms. The molecule has 0 radical (unpaired) electrons. The van der Waals surface area contributed by atoms with Crippen LogP contribution >= 0.6 is 0 Å². The molecule has 0 heterocycles. The minimum Gasteiger partial charge on any atom is -0.507 e. The van der Waals surface area contributed by atoms with Gasteiger partial charge in [-0.1, -0.05) is 6.07 Å². The quantitative estimate of drug-likeness (QED) is 0.661. The lowest BCUT2D eigenvalue weighted by Gasteiger charge is -2.08. The van der Waals surface area contributed by atoms with Crippen LogP contribution < -0.4 is 5.73 Å². The molecule has 3 N–H and O–H groups in total. The first-order chi connectivity index (χ1) is 7.13. The zero-order valence-electron chi connectivity index (χ0n) is 8.49. The Morgan fingerprint density at radius 3 is 2.93 bits per heavy atom. The average Bonchev–Trinajstić information content (AvgIpc) is 2.57. The Kier molecular flexibility index (Phi) is 2.36. The first-order valence-corrected chi connectivity index (χ1v) is 4.81. The van der Waals surface area contributed by atoms with E-state index in [1.54, 1.807) is 0 Å². The minimum atomic E-state index is -0.501. The molecule has 0 amide bonds. The zero-order chi connectivity index (χ0) is 11.0.